The zero-order valence-corrected chi connectivity index (χ0v) is 10.8. The lowest BCUT2D eigenvalue weighted by Gasteiger charge is -2.32. The van der Waals surface area contributed by atoms with Crippen molar-refractivity contribution in [2.75, 3.05) is 19.7 Å². The van der Waals surface area contributed by atoms with Crippen LogP contribution < -0.4 is 0 Å². The highest BCUT2D eigenvalue weighted by Crippen LogP contribution is 2.22. The van der Waals surface area contributed by atoms with E-state index >= 15 is 0 Å². The topological polar surface area (TPSA) is 40.5 Å². The van der Waals surface area contributed by atoms with Crippen LogP contribution in [-0.2, 0) is 0 Å². The molecule has 0 spiro atoms. The molecule has 1 fully saturated rings. The highest BCUT2D eigenvalue weighted by atomic mass is 19.1. The van der Waals surface area contributed by atoms with Crippen LogP contribution in [0.15, 0.2) is 12.1 Å². The number of aryl methyl sites for hydroxylation is 1. The molecule has 1 aliphatic rings. The van der Waals surface area contributed by atoms with Crippen LogP contribution >= 0.6 is 0 Å². The molecule has 5 heteroatoms. The molecule has 1 heterocycles. The molecule has 1 unspecified atom stereocenters. The van der Waals surface area contributed by atoms with Gasteiger partial charge in [0, 0.05) is 19.7 Å². The van der Waals surface area contributed by atoms with E-state index in [0.29, 0.717) is 13.1 Å². The summed E-state index contributed by atoms with van der Waals surface area (Å²) >= 11 is 0. The first-order valence-corrected chi connectivity index (χ1v) is 6.39. The van der Waals surface area contributed by atoms with Crippen molar-refractivity contribution in [3.05, 3.63) is 34.9 Å². The minimum absolute atomic E-state index is 0.00590. The fourth-order valence-electron chi connectivity index (χ4n) is 2.41. The molecule has 0 radical (unpaired) electrons. The molecule has 3 nitrogen and oxygen atoms in total. The number of carbonyl (C=O) groups excluding carboxylic acids is 1. The Balaban J connectivity index is 2.27. The number of likely N-dealkylation sites (tertiary alicyclic amines) is 1. The third-order valence-electron chi connectivity index (χ3n) is 3.56. The van der Waals surface area contributed by atoms with Crippen molar-refractivity contribution in [3.63, 3.8) is 0 Å². The van der Waals surface area contributed by atoms with Gasteiger partial charge in [-0.2, -0.15) is 0 Å². The van der Waals surface area contributed by atoms with Crippen molar-refractivity contribution in [1.29, 1.82) is 0 Å². The standard InChI is InChI=1S/C14H17F2NO2/c1-9-4-5-11(15)12(13(9)16)14(19)17-6-2-3-10(7-17)8-18/h4-5,10,18H,2-3,6-8H2,1H3. The van der Waals surface area contributed by atoms with Crippen LogP contribution in [0.3, 0.4) is 0 Å². The maximum atomic E-state index is 13.9. The van der Waals surface area contributed by atoms with E-state index < -0.39 is 23.1 Å². The third-order valence-corrected chi connectivity index (χ3v) is 3.56. The number of hydrogen-bond acceptors (Lipinski definition) is 2. The van der Waals surface area contributed by atoms with Crippen LogP contribution in [0.2, 0.25) is 0 Å². The van der Waals surface area contributed by atoms with Crippen LogP contribution in [0, 0.1) is 24.5 Å². The second-order valence-corrected chi connectivity index (χ2v) is 5.00. The molecule has 1 atom stereocenters. The quantitative estimate of drug-likeness (QED) is 0.893. The number of amides is 1. The number of aliphatic hydroxyl groups excluding tert-OH is 1. The maximum Gasteiger partial charge on any atom is 0.259 e. The van der Waals surface area contributed by atoms with Gasteiger partial charge in [-0.15, -0.1) is 0 Å². The van der Waals surface area contributed by atoms with Crippen LogP contribution in [0.5, 0.6) is 0 Å². The Labute approximate surface area is 110 Å². The van der Waals surface area contributed by atoms with Gasteiger partial charge in [0.2, 0.25) is 0 Å². The second-order valence-electron chi connectivity index (χ2n) is 5.00. The third kappa shape index (κ3) is 2.76. The van der Waals surface area contributed by atoms with E-state index in [1.54, 1.807) is 0 Å². The van der Waals surface area contributed by atoms with Crippen LogP contribution in [0.4, 0.5) is 8.78 Å². The molecule has 0 bridgehead atoms. The Hall–Kier alpha value is -1.49. The Morgan fingerprint density at radius 2 is 2.21 bits per heavy atom. The zero-order valence-electron chi connectivity index (χ0n) is 10.8. The first kappa shape index (κ1) is 13.9. The second kappa shape index (κ2) is 5.65. The Kier molecular flexibility index (Phi) is 4.14. The van der Waals surface area contributed by atoms with Gasteiger partial charge >= 0.3 is 0 Å². The van der Waals surface area contributed by atoms with Crippen LogP contribution in [0.25, 0.3) is 0 Å². The number of nitrogens with zero attached hydrogens (tertiary/aromatic N) is 1. The Morgan fingerprint density at radius 1 is 1.47 bits per heavy atom. The molecule has 0 saturated carbocycles. The largest absolute Gasteiger partial charge is 0.396 e. The van der Waals surface area contributed by atoms with Gasteiger partial charge in [-0.3, -0.25) is 4.79 Å². The smallest absolute Gasteiger partial charge is 0.259 e. The highest BCUT2D eigenvalue weighted by molar-refractivity contribution is 5.95. The van der Waals surface area contributed by atoms with Crippen molar-refractivity contribution in [3.8, 4) is 0 Å². The fraction of sp³-hybridized carbons (Fsp3) is 0.500. The van der Waals surface area contributed by atoms with E-state index in [1.807, 2.05) is 0 Å². The maximum absolute atomic E-state index is 13.9. The number of hydrogen-bond donors (Lipinski definition) is 1. The predicted octanol–water partition coefficient (Wildman–Crippen LogP) is 2.12. The zero-order chi connectivity index (χ0) is 14.0. The number of rotatable bonds is 2. The van der Waals surface area contributed by atoms with Crippen molar-refractivity contribution >= 4 is 5.91 Å². The summed E-state index contributed by atoms with van der Waals surface area (Å²) < 4.78 is 27.6. The lowest BCUT2D eigenvalue weighted by Crippen LogP contribution is -2.41. The molecule has 0 aliphatic carbocycles. The van der Waals surface area contributed by atoms with Gasteiger partial charge in [0.1, 0.15) is 17.2 Å². The summed E-state index contributed by atoms with van der Waals surface area (Å²) in [5.74, 6) is -2.26. The first-order valence-electron chi connectivity index (χ1n) is 6.39. The minimum atomic E-state index is -0.834. The first-order chi connectivity index (χ1) is 9.04. The summed E-state index contributed by atoms with van der Waals surface area (Å²) in [5, 5.41) is 9.13. The van der Waals surface area contributed by atoms with Crippen molar-refractivity contribution in [2.24, 2.45) is 5.92 Å². The van der Waals surface area contributed by atoms with Gasteiger partial charge in [-0.25, -0.2) is 8.78 Å². The van der Waals surface area contributed by atoms with Crippen LogP contribution in [-0.4, -0.2) is 35.6 Å². The predicted molar refractivity (Wildman–Crippen MR) is 66.8 cm³/mol. The molecular formula is C14H17F2NO2. The number of carbonyl (C=O) groups is 1. The minimum Gasteiger partial charge on any atom is -0.396 e. The monoisotopic (exact) mass is 269 g/mol. The number of benzene rings is 1. The van der Waals surface area contributed by atoms with E-state index in [4.69, 9.17) is 5.11 Å². The average molecular weight is 269 g/mol. The van der Waals surface area contributed by atoms with Gasteiger partial charge in [-0.05, 0) is 37.3 Å². The summed E-state index contributed by atoms with van der Waals surface area (Å²) in [4.78, 5) is 13.6. The van der Waals surface area contributed by atoms with Gasteiger partial charge in [0.05, 0.1) is 0 Å². The van der Waals surface area contributed by atoms with Gasteiger partial charge in [0.15, 0.2) is 0 Å². The number of halogens is 2. The molecule has 0 aromatic heterocycles. The van der Waals surface area contributed by atoms with E-state index in [-0.39, 0.29) is 18.1 Å². The lowest BCUT2D eigenvalue weighted by molar-refractivity contribution is 0.0611. The van der Waals surface area contributed by atoms with E-state index in [2.05, 4.69) is 0 Å². The average Bonchev–Trinajstić information content (AvgIpc) is 2.43. The molecule has 19 heavy (non-hydrogen) atoms. The molecule has 1 aromatic rings. The van der Waals surface area contributed by atoms with Gasteiger partial charge < -0.3 is 10.0 Å². The van der Waals surface area contributed by atoms with Crippen molar-refractivity contribution in [2.45, 2.75) is 19.8 Å². The van der Waals surface area contributed by atoms with E-state index in [0.717, 1.165) is 18.9 Å². The lowest BCUT2D eigenvalue weighted by atomic mass is 9.98. The molecule has 1 aromatic carbocycles. The number of piperidine rings is 1. The van der Waals surface area contributed by atoms with Crippen LogP contribution in [0.1, 0.15) is 28.8 Å². The molecule has 2 rings (SSSR count). The van der Waals surface area contributed by atoms with Gasteiger partial charge in [0.25, 0.3) is 5.91 Å². The Bertz CT molecular complexity index is 491. The SMILES string of the molecule is Cc1ccc(F)c(C(=O)N2CCCC(CO)C2)c1F. The van der Waals surface area contributed by atoms with Crippen molar-refractivity contribution in [1.82, 2.24) is 4.90 Å². The van der Waals surface area contributed by atoms with E-state index in [9.17, 15) is 13.6 Å². The molecule has 1 N–H and O–H groups in total. The summed E-state index contributed by atoms with van der Waals surface area (Å²) in [5.41, 5.74) is -0.237. The normalized spacial score (nSPS) is 19.6. The summed E-state index contributed by atoms with van der Waals surface area (Å²) in [6, 6.07) is 2.42. The van der Waals surface area contributed by atoms with Gasteiger partial charge in [-0.1, -0.05) is 6.07 Å². The van der Waals surface area contributed by atoms with Crippen molar-refractivity contribution < 1.29 is 18.7 Å². The highest BCUT2D eigenvalue weighted by Gasteiger charge is 2.28. The molecule has 1 saturated heterocycles. The molecule has 1 aliphatic heterocycles. The molecule has 104 valence electrons. The molecular weight excluding hydrogens is 252 g/mol. The Morgan fingerprint density at radius 3 is 2.89 bits per heavy atom. The number of aliphatic hydroxyl groups is 1. The molecule has 1 amide bonds. The fourth-order valence-corrected chi connectivity index (χ4v) is 2.41. The summed E-state index contributed by atoms with van der Waals surface area (Å²) in [7, 11) is 0. The van der Waals surface area contributed by atoms with E-state index in [1.165, 1.54) is 17.9 Å². The summed E-state index contributed by atoms with van der Waals surface area (Å²) in [6.45, 7) is 2.31. The summed E-state index contributed by atoms with van der Waals surface area (Å²) in [6.07, 6.45) is 1.57.